The quantitative estimate of drug-likeness (QED) is 0.644. The summed E-state index contributed by atoms with van der Waals surface area (Å²) < 4.78 is 28.1. The Hall–Kier alpha value is -3.31. The van der Waals surface area contributed by atoms with Gasteiger partial charge in [0.15, 0.2) is 0 Å². The lowest BCUT2D eigenvalue weighted by molar-refractivity contribution is 0.102. The van der Waals surface area contributed by atoms with Gasteiger partial charge in [-0.05, 0) is 24.3 Å². The number of hydrogen-bond donors (Lipinski definition) is 1. The highest BCUT2D eigenvalue weighted by atomic mass is 32.2. The smallest absolute Gasteiger partial charge is 0.319 e. The van der Waals surface area contributed by atoms with Gasteiger partial charge in [-0.3, -0.25) is 18.7 Å². The highest BCUT2D eigenvalue weighted by molar-refractivity contribution is 7.89. The number of aromatic nitrogens is 3. The lowest BCUT2D eigenvalue weighted by Gasteiger charge is -2.15. The van der Waals surface area contributed by atoms with Crippen LogP contribution in [0.15, 0.2) is 50.9 Å². The Kier molecular flexibility index (Phi) is 5.11. The molecular weight excluding hydrogens is 398 g/mol. The van der Waals surface area contributed by atoms with E-state index in [9.17, 15) is 22.8 Å². The van der Waals surface area contributed by atoms with Crippen LogP contribution in [-0.2, 0) is 24.1 Å². The molecule has 152 valence electrons. The van der Waals surface area contributed by atoms with Crippen molar-refractivity contribution in [1.29, 1.82) is 0 Å². The first-order valence-corrected chi connectivity index (χ1v) is 9.89. The molecule has 0 saturated heterocycles. The van der Waals surface area contributed by atoms with Crippen LogP contribution in [0.2, 0.25) is 0 Å². The maximum Gasteiger partial charge on any atom is 0.332 e. The molecule has 0 aliphatic carbocycles. The van der Waals surface area contributed by atoms with Crippen molar-refractivity contribution < 1.29 is 13.2 Å². The molecule has 0 radical (unpaired) electrons. The summed E-state index contributed by atoms with van der Waals surface area (Å²) in [7, 11) is 1.79. The molecule has 0 atom stereocenters. The Balaban J connectivity index is 2.07. The van der Waals surface area contributed by atoms with E-state index in [0.29, 0.717) is 0 Å². The molecule has 0 aliphatic rings. The van der Waals surface area contributed by atoms with Crippen molar-refractivity contribution in [3.05, 3.63) is 62.9 Å². The molecule has 29 heavy (non-hydrogen) atoms. The maximum atomic E-state index is 12.7. The van der Waals surface area contributed by atoms with Gasteiger partial charge < -0.3 is 5.32 Å². The lowest BCUT2D eigenvalue weighted by atomic mass is 10.2. The number of benzene rings is 1. The average Bonchev–Trinajstić information content (AvgIpc) is 2.70. The second kappa shape index (κ2) is 7.26. The molecule has 0 saturated carbocycles. The minimum atomic E-state index is -3.78. The van der Waals surface area contributed by atoms with E-state index in [1.807, 2.05) is 0 Å². The van der Waals surface area contributed by atoms with Crippen LogP contribution in [0.3, 0.4) is 0 Å². The van der Waals surface area contributed by atoms with Crippen molar-refractivity contribution in [1.82, 2.24) is 18.4 Å². The fourth-order valence-corrected chi connectivity index (χ4v) is 3.80. The van der Waals surface area contributed by atoms with Crippen molar-refractivity contribution in [3.63, 3.8) is 0 Å². The van der Waals surface area contributed by atoms with Gasteiger partial charge in [0.1, 0.15) is 16.2 Å². The van der Waals surface area contributed by atoms with E-state index in [0.717, 1.165) is 13.4 Å². The van der Waals surface area contributed by atoms with Gasteiger partial charge in [0.05, 0.1) is 11.1 Å². The highest BCUT2D eigenvalue weighted by Gasteiger charge is 2.22. The van der Waals surface area contributed by atoms with Gasteiger partial charge in [-0.15, -0.1) is 0 Å². The average molecular weight is 417 g/mol. The molecular formula is C18H19N5O5S. The Morgan fingerprint density at radius 3 is 2.34 bits per heavy atom. The van der Waals surface area contributed by atoms with Crippen LogP contribution in [0.25, 0.3) is 11.0 Å². The number of sulfonamides is 1. The van der Waals surface area contributed by atoms with Gasteiger partial charge >= 0.3 is 5.69 Å². The molecule has 0 aliphatic heterocycles. The number of rotatable bonds is 4. The van der Waals surface area contributed by atoms with Crippen LogP contribution in [-0.4, -0.2) is 46.8 Å². The third-order valence-corrected chi connectivity index (χ3v) is 6.30. The van der Waals surface area contributed by atoms with Crippen LogP contribution in [0.1, 0.15) is 10.5 Å². The molecule has 2 heterocycles. The summed E-state index contributed by atoms with van der Waals surface area (Å²) in [5.74, 6) is -0.679. The van der Waals surface area contributed by atoms with Gasteiger partial charge in [-0.2, -0.15) is 0 Å². The minimum absolute atomic E-state index is 0.0555. The van der Waals surface area contributed by atoms with Crippen LogP contribution in [0, 0.1) is 0 Å². The first-order valence-electron chi connectivity index (χ1n) is 8.45. The van der Waals surface area contributed by atoms with Crippen molar-refractivity contribution in [3.8, 4) is 0 Å². The fraction of sp³-hybridized carbons (Fsp3) is 0.222. The first-order chi connectivity index (χ1) is 13.6. The summed E-state index contributed by atoms with van der Waals surface area (Å²) in [6.45, 7) is 0. The predicted molar refractivity (Wildman–Crippen MR) is 107 cm³/mol. The zero-order valence-corrected chi connectivity index (χ0v) is 17.0. The van der Waals surface area contributed by atoms with Crippen LogP contribution >= 0.6 is 0 Å². The molecule has 1 aromatic carbocycles. The molecule has 11 heteroatoms. The van der Waals surface area contributed by atoms with Crippen LogP contribution in [0.4, 0.5) is 5.69 Å². The number of nitrogens with one attached hydrogen (secondary N) is 1. The van der Waals surface area contributed by atoms with Crippen LogP contribution < -0.4 is 16.6 Å². The molecule has 1 N–H and O–H groups in total. The monoisotopic (exact) mass is 417 g/mol. The van der Waals surface area contributed by atoms with E-state index in [1.165, 1.54) is 52.5 Å². The molecule has 0 fully saturated rings. The van der Waals surface area contributed by atoms with Crippen molar-refractivity contribution in [2.45, 2.75) is 4.90 Å². The Morgan fingerprint density at radius 2 is 1.69 bits per heavy atom. The van der Waals surface area contributed by atoms with E-state index in [4.69, 9.17) is 0 Å². The topological polar surface area (TPSA) is 123 Å². The summed E-state index contributed by atoms with van der Waals surface area (Å²) in [5, 5.41) is 2.72. The summed E-state index contributed by atoms with van der Waals surface area (Å²) in [6.07, 6.45) is 0. The van der Waals surface area contributed by atoms with Crippen molar-refractivity contribution in [2.24, 2.45) is 14.1 Å². The van der Waals surface area contributed by atoms with E-state index < -0.39 is 27.2 Å². The van der Waals surface area contributed by atoms with E-state index in [2.05, 4.69) is 10.3 Å². The largest absolute Gasteiger partial charge is 0.332 e. The molecule has 3 rings (SSSR count). The number of amides is 1. The van der Waals surface area contributed by atoms with Crippen LogP contribution in [0.5, 0.6) is 0 Å². The number of anilines is 1. The molecule has 0 spiro atoms. The number of aryl methyl sites for hydroxylation is 1. The molecule has 3 aromatic rings. The number of pyridine rings is 1. The van der Waals surface area contributed by atoms with Gasteiger partial charge in [-0.1, -0.05) is 12.1 Å². The Morgan fingerprint density at radius 1 is 1.03 bits per heavy atom. The maximum absolute atomic E-state index is 12.7. The zero-order valence-electron chi connectivity index (χ0n) is 16.2. The van der Waals surface area contributed by atoms with Gasteiger partial charge in [0, 0.05) is 28.2 Å². The van der Waals surface area contributed by atoms with E-state index >= 15 is 0 Å². The second-order valence-corrected chi connectivity index (χ2v) is 8.63. The summed E-state index contributed by atoms with van der Waals surface area (Å²) >= 11 is 0. The normalized spacial score (nSPS) is 11.8. The van der Waals surface area contributed by atoms with Crippen molar-refractivity contribution in [2.75, 3.05) is 19.4 Å². The SMILES string of the molecule is CN(C)S(=O)(=O)c1ccccc1NC(=O)c1ccc2c(=O)n(C)c(=O)n(C)c2n1. The lowest BCUT2D eigenvalue weighted by Crippen LogP contribution is -2.37. The van der Waals surface area contributed by atoms with E-state index in [1.54, 1.807) is 12.1 Å². The minimum Gasteiger partial charge on any atom is -0.319 e. The zero-order chi connectivity index (χ0) is 21.5. The number of hydrogen-bond acceptors (Lipinski definition) is 6. The Bertz CT molecular complexity index is 1360. The highest BCUT2D eigenvalue weighted by Crippen LogP contribution is 2.23. The Labute approximate surface area is 166 Å². The molecule has 10 nitrogen and oxygen atoms in total. The van der Waals surface area contributed by atoms with Gasteiger partial charge in [0.2, 0.25) is 10.0 Å². The van der Waals surface area contributed by atoms with E-state index in [-0.39, 0.29) is 27.3 Å². The summed E-state index contributed by atoms with van der Waals surface area (Å²) in [4.78, 5) is 41.1. The second-order valence-electron chi connectivity index (χ2n) is 6.51. The predicted octanol–water partition coefficient (Wildman–Crippen LogP) is 0.135. The van der Waals surface area contributed by atoms with Gasteiger partial charge in [0.25, 0.3) is 11.5 Å². The van der Waals surface area contributed by atoms with Crippen molar-refractivity contribution >= 4 is 32.7 Å². The van der Waals surface area contributed by atoms with Gasteiger partial charge in [-0.25, -0.2) is 22.5 Å². The number of carbonyl (C=O) groups excluding carboxylic acids is 1. The third kappa shape index (κ3) is 3.45. The number of fused-ring (bicyclic) bond motifs is 1. The molecule has 2 aromatic heterocycles. The third-order valence-electron chi connectivity index (χ3n) is 4.43. The molecule has 1 amide bonds. The standard InChI is InChI=1S/C18H19N5O5S/c1-21(2)29(27,28)14-8-6-5-7-12(14)20-16(24)13-10-9-11-15(19-13)22(3)18(26)23(4)17(11)25/h5-10H,1-4H3,(H,20,24). The molecule has 0 bridgehead atoms. The molecule has 0 unspecified atom stereocenters. The summed E-state index contributed by atoms with van der Waals surface area (Å²) in [5.41, 5.74) is -1.02. The summed E-state index contributed by atoms with van der Waals surface area (Å²) in [6, 6.07) is 8.72. The number of nitrogens with zero attached hydrogens (tertiary/aromatic N) is 4. The first kappa shape index (κ1) is 20.4. The number of para-hydroxylation sites is 1. The fourth-order valence-electron chi connectivity index (χ4n) is 2.76. The number of carbonyl (C=O) groups is 1.